The van der Waals surface area contributed by atoms with E-state index in [4.69, 9.17) is 9.47 Å². The van der Waals surface area contributed by atoms with Crippen molar-refractivity contribution in [1.82, 2.24) is 4.90 Å². The highest BCUT2D eigenvalue weighted by Crippen LogP contribution is 2.30. The lowest BCUT2D eigenvalue weighted by atomic mass is 10.1. The van der Waals surface area contributed by atoms with Crippen LogP contribution in [0.3, 0.4) is 0 Å². The Bertz CT molecular complexity index is 459. The maximum Gasteiger partial charge on any atom is 0.387 e. The second kappa shape index (κ2) is 7.53. The van der Waals surface area contributed by atoms with Crippen LogP contribution in [0.15, 0.2) is 18.2 Å². The van der Waals surface area contributed by atoms with Gasteiger partial charge in [-0.3, -0.25) is 4.90 Å². The highest BCUT2D eigenvalue weighted by Gasteiger charge is 2.22. The molecule has 1 unspecified atom stereocenters. The van der Waals surface area contributed by atoms with Gasteiger partial charge in [-0.15, -0.1) is 0 Å². The Labute approximate surface area is 122 Å². The Kier molecular flexibility index (Phi) is 5.72. The molecule has 0 aliphatic carbocycles. The first-order valence-corrected chi connectivity index (χ1v) is 6.68. The number of halogens is 2. The van der Waals surface area contributed by atoms with E-state index in [1.54, 1.807) is 12.1 Å². The van der Waals surface area contributed by atoms with E-state index >= 15 is 0 Å². The van der Waals surface area contributed by atoms with Crippen LogP contribution in [0.5, 0.6) is 11.5 Å². The summed E-state index contributed by atoms with van der Waals surface area (Å²) in [6.45, 7) is -0.477. The number of morpholine rings is 1. The van der Waals surface area contributed by atoms with Gasteiger partial charge in [-0.25, -0.2) is 0 Å². The minimum absolute atomic E-state index is 0.0111. The van der Waals surface area contributed by atoms with Gasteiger partial charge in [0.25, 0.3) is 0 Å². The summed E-state index contributed by atoms with van der Waals surface area (Å²) in [5.41, 5.74) is 0.897. The highest BCUT2D eigenvalue weighted by molar-refractivity contribution is 5.43. The molecular formula is C14H19F2NO4. The lowest BCUT2D eigenvalue weighted by Crippen LogP contribution is -2.46. The summed E-state index contributed by atoms with van der Waals surface area (Å²) in [6, 6.07) is 4.79. The van der Waals surface area contributed by atoms with Gasteiger partial charge in [0, 0.05) is 13.1 Å². The molecule has 1 fully saturated rings. The molecule has 7 heteroatoms. The van der Waals surface area contributed by atoms with Crippen LogP contribution in [-0.2, 0) is 11.3 Å². The summed E-state index contributed by atoms with van der Waals surface area (Å²) in [6.07, 6.45) is 0. The fourth-order valence-corrected chi connectivity index (χ4v) is 2.30. The van der Waals surface area contributed by atoms with E-state index in [-0.39, 0.29) is 24.1 Å². The topological polar surface area (TPSA) is 51.2 Å². The number of hydrogen-bond donors (Lipinski definition) is 1. The third-order valence-corrected chi connectivity index (χ3v) is 3.39. The van der Waals surface area contributed by atoms with Gasteiger partial charge in [-0.2, -0.15) is 8.78 Å². The van der Waals surface area contributed by atoms with Crippen molar-refractivity contribution >= 4 is 0 Å². The molecule has 1 aromatic rings. The second-order valence-corrected chi connectivity index (χ2v) is 4.75. The number of benzene rings is 1. The van der Waals surface area contributed by atoms with Crippen molar-refractivity contribution < 1.29 is 28.1 Å². The second-order valence-electron chi connectivity index (χ2n) is 4.75. The van der Waals surface area contributed by atoms with Crippen molar-refractivity contribution in [1.29, 1.82) is 0 Å². The predicted molar refractivity (Wildman–Crippen MR) is 71.7 cm³/mol. The van der Waals surface area contributed by atoms with E-state index < -0.39 is 6.61 Å². The molecule has 0 saturated carbocycles. The number of aliphatic hydroxyl groups excluding tert-OH is 1. The van der Waals surface area contributed by atoms with Crippen LogP contribution in [-0.4, -0.2) is 56.1 Å². The molecule has 1 atom stereocenters. The molecule has 1 N–H and O–H groups in total. The van der Waals surface area contributed by atoms with Crippen molar-refractivity contribution in [2.75, 3.05) is 33.5 Å². The van der Waals surface area contributed by atoms with Crippen LogP contribution in [0.2, 0.25) is 0 Å². The Morgan fingerprint density at radius 1 is 1.43 bits per heavy atom. The minimum atomic E-state index is -2.89. The minimum Gasteiger partial charge on any atom is -0.493 e. The van der Waals surface area contributed by atoms with Gasteiger partial charge in [0.2, 0.25) is 0 Å². The normalized spacial score (nSPS) is 19.8. The summed E-state index contributed by atoms with van der Waals surface area (Å²) in [7, 11) is 1.41. The van der Waals surface area contributed by atoms with E-state index in [1.807, 2.05) is 0 Å². The van der Waals surface area contributed by atoms with Gasteiger partial charge in [-0.05, 0) is 17.7 Å². The van der Waals surface area contributed by atoms with Gasteiger partial charge in [0.05, 0.1) is 33.0 Å². The first-order chi connectivity index (χ1) is 10.1. The van der Waals surface area contributed by atoms with Gasteiger partial charge in [0.1, 0.15) is 0 Å². The van der Waals surface area contributed by atoms with Crippen molar-refractivity contribution in [3.8, 4) is 11.5 Å². The maximum absolute atomic E-state index is 12.3. The third-order valence-electron chi connectivity index (χ3n) is 3.39. The van der Waals surface area contributed by atoms with Crippen LogP contribution in [0.25, 0.3) is 0 Å². The number of alkyl halides is 2. The van der Waals surface area contributed by atoms with Crippen LogP contribution < -0.4 is 9.47 Å². The van der Waals surface area contributed by atoms with E-state index in [9.17, 15) is 13.9 Å². The van der Waals surface area contributed by atoms with Crippen LogP contribution in [0, 0.1) is 0 Å². The van der Waals surface area contributed by atoms with Crippen molar-refractivity contribution in [3.63, 3.8) is 0 Å². The van der Waals surface area contributed by atoms with Crippen molar-refractivity contribution in [2.45, 2.75) is 19.2 Å². The van der Waals surface area contributed by atoms with E-state index in [2.05, 4.69) is 9.64 Å². The molecule has 1 saturated heterocycles. The van der Waals surface area contributed by atoms with Gasteiger partial charge < -0.3 is 19.3 Å². The molecule has 1 aromatic carbocycles. The molecule has 0 spiro atoms. The Balaban J connectivity index is 2.09. The summed E-state index contributed by atoms with van der Waals surface area (Å²) in [4.78, 5) is 2.09. The SMILES string of the molecule is COc1cc(CN2CCOCC2CO)ccc1OC(F)F. The van der Waals surface area contributed by atoms with E-state index in [0.717, 1.165) is 5.56 Å². The number of ether oxygens (including phenoxy) is 3. The lowest BCUT2D eigenvalue weighted by molar-refractivity contribution is -0.0513. The summed E-state index contributed by atoms with van der Waals surface area (Å²) in [5, 5.41) is 9.33. The molecule has 0 bridgehead atoms. The number of nitrogens with zero attached hydrogens (tertiary/aromatic N) is 1. The number of aliphatic hydroxyl groups is 1. The summed E-state index contributed by atoms with van der Waals surface area (Å²) in [5.74, 6) is 0.276. The molecule has 5 nitrogen and oxygen atoms in total. The number of methoxy groups -OCH3 is 1. The van der Waals surface area contributed by atoms with E-state index in [1.165, 1.54) is 13.2 Å². The lowest BCUT2D eigenvalue weighted by Gasteiger charge is -2.34. The molecule has 118 valence electrons. The Hall–Kier alpha value is -1.44. The Morgan fingerprint density at radius 3 is 2.90 bits per heavy atom. The smallest absolute Gasteiger partial charge is 0.387 e. The molecule has 1 heterocycles. The molecular weight excluding hydrogens is 284 g/mol. The maximum atomic E-state index is 12.3. The number of hydrogen-bond acceptors (Lipinski definition) is 5. The zero-order valence-electron chi connectivity index (χ0n) is 11.8. The largest absolute Gasteiger partial charge is 0.493 e. The van der Waals surface area contributed by atoms with Crippen LogP contribution in [0.1, 0.15) is 5.56 Å². The molecule has 0 radical (unpaired) electrons. The molecule has 2 rings (SSSR count). The summed E-state index contributed by atoms with van der Waals surface area (Å²) >= 11 is 0. The predicted octanol–water partition coefficient (Wildman–Crippen LogP) is 1.49. The summed E-state index contributed by atoms with van der Waals surface area (Å²) < 4.78 is 39.3. The van der Waals surface area contributed by atoms with Gasteiger partial charge in [-0.1, -0.05) is 6.07 Å². The van der Waals surface area contributed by atoms with Gasteiger partial charge >= 0.3 is 6.61 Å². The zero-order chi connectivity index (χ0) is 15.2. The fourth-order valence-electron chi connectivity index (χ4n) is 2.30. The molecule has 1 aliphatic rings. The third kappa shape index (κ3) is 4.26. The average molecular weight is 303 g/mol. The van der Waals surface area contributed by atoms with Crippen LogP contribution >= 0.6 is 0 Å². The quantitative estimate of drug-likeness (QED) is 0.863. The van der Waals surface area contributed by atoms with E-state index in [0.29, 0.717) is 26.3 Å². The van der Waals surface area contributed by atoms with Crippen molar-refractivity contribution in [2.24, 2.45) is 0 Å². The van der Waals surface area contributed by atoms with Gasteiger partial charge in [0.15, 0.2) is 11.5 Å². The standard InChI is InChI=1S/C14H19F2NO4/c1-19-13-6-10(2-3-12(13)21-14(15)16)7-17-4-5-20-9-11(17)8-18/h2-3,6,11,14,18H,4-5,7-9H2,1H3. The van der Waals surface area contributed by atoms with Crippen molar-refractivity contribution in [3.05, 3.63) is 23.8 Å². The molecule has 0 amide bonds. The van der Waals surface area contributed by atoms with Crippen LogP contribution in [0.4, 0.5) is 8.78 Å². The molecule has 1 aliphatic heterocycles. The first kappa shape index (κ1) is 15.9. The molecule has 21 heavy (non-hydrogen) atoms. The fraction of sp³-hybridized carbons (Fsp3) is 0.571. The first-order valence-electron chi connectivity index (χ1n) is 6.68. The Morgan fingerprint density at radius 2 is 2.24 bits per heavy atom. The molecule has 0 aromatic heterocycles. The zero-order valence-corrected chi connectivity index (χ0v) is 11.8. The monoisotopic (exact) mass is 303 g/mol. The number of rotatable bonds is 6. The average Bonchev–Trinajstić information content (AvgIpc) is 2.49. The highest BCUT2D eigenvalue weighted by atomic mass is 19.3.